The number of thiazole rings is 1. The average Bonchev–Trinajstić information content (AvgIpc) is 3.22. The Labute approximate surface area is 161 Å². The van der Waals surface area contributed by atoms with Crippen LogP contribution in [0.15, 0.2) is 84.8 Å². The van der Waals surface area contributed by atoms with E-state index in [4.69, 9.17) is 4.74 Å². The normalized spacial score (nSPS) is 15.3. The van der Waals surface area contributed by atoms with E-state index in [1.807, 2.05) is 42.5 Å². The molecule has 5 heteroatoms. The van der Waals surface area contributed by atoms with Gasteiger partial charge < -0.3 is 4.74 Å². The summed E-state index contributed by atoms with van der Waals surface area (Å²) in [4.78, 5) is 19.1. The number of carbonyl (C=O) groups excluding carboxylic acids is 1. The van der Waals surface area contributed by atoms with Crippen LogP contribution in [0.1, 0.15) is 33.1 Å². The second kappa shape index (κ2) is 7.90. The first-order valence-electron chi connectivity index (χ1n) is 8.56. The summed E-state index contributed by atoms with van der Waals surface area (Å²) >= 11 is 1.29. The Morgan fingerprint density at radius 1 is 1.22 bits per heavy atom. The van der Waals surface area contributed by atoms with Gasteiger partial charge in [-0.2, -0.15) is 0 Å². The molecule has 4 nitrogen and oxygen atoms in total. The topological polar surface area (TPSA) is 42.4 Å². The Hall–Kier alpha value is -3.36. The highest BCUT2D eigenvalue weighted by Gasteiger charge is 2.20. The molecule has 1 amide bonds. The summed E-state index contributed by atoms with van der Waals surface area (Å²) in [5, 5.41) is 0.615. The molecule has 0 bridgehead atoms. The van der Waals surface area contributed by atoms with E-state index >= 15 is 0 Å². The van der Waals surface area contributed by atoms with Gasteiger partial charge in [0, 0.05) is 11.8 Å². The van der Waals surface area contributed by atoms with Crippen molar-refractivity contribution in [3.63, 3.8) is 0 Å². The molecule has 1 aliphatic carbocycles. The highest BCUT2D eigenvalue weighted by atomic mass is 32.1. The lowest BCUT2D eigenvalue weighted by atomic mass is 10.0. The van der Waals surface area contributed by atoms with Gasteiger partial charge in [-0.25, -0.2) is 4.98 Å². The number of allylic oxidation sites excluding steroid dienone is 4. The summed E-state index contributed by atoms with van der Waals surface area (Å²) in [6.07, 6.45) is 14.4. The van der Waals surface area contributed by atoms with Gasteiger partial charge in [-0.1, -0.05) is 42.3 Å². The summed E-state index contributed by atoms with van der Waals surface area (Å²) < 4.78 is 5.58. The molecule has 132 valence electrons. The Kier molecular flexibility index (Phi) is 4.99. The van der Waals surface area contributed by atoms with Crippen LogP contribution in [-0.4, -0.2) is 15.8 Å². The third-order valence-corrected chi connectivity index (χ3v) is 4.94. The predicted molar refractivity (Wildman–Crippen MR) is 105 cm³/mol. The lowest BCUT2D eigenvalue weighted by Crippen LogP contribution is -2.22. The quantitative estimate of drug-likeness (QED) is 0.724. The van der Waals surface area contributed by atoms with Gasteiger partial charge in [-0.15, -0.1) is 11.3 Å². The lowest BCUT2D eigenvalue weighted by molar-refractivity contribution is 0.0860. The zero-order valence-corrected chi connectivity index (χ0v) is 15.3. The first-order chi connectivity index (χ1) is 13.3. The fourth-order valence-corrected chi connectivity index (χ4v) is 3.38. The molecule has 4 rings (SSSR count). The SMILES string of the molecule is O=C(c1cnc(C#Cc2ccccc2)s1)N1C=COC(C2=CC=CCC2)=C1. The molecule has 2 aromatic rings. The van der Waals surface area contributed by atoms with Crippen molar-refractivity contribution in [3.05, 3.63) is 100 Å². The van der Waals surface area contributed by atoms with Gasteiger partial charge in [0.05, 0.1) is 12.4 Å². The lowest BCUT2D eigenvalue weighted by Gasteiger charge is -2.21. The fourth-order valence-electron chi connectivity index (χ4n) is 2.67. The van der Waals surface area contributed by atoms with Crippen LogP contribution in [-0.2, 0) is 4.74 Å². The first kappa shape index (κ1) is 17.1. The van der Waals surface area contributed by atoms with Crippen molar-refractivity contribution < 1.29 is 9.53 Å². The molecule has 1 aliphatic heterocycles. The van der Waals surface area contributed by atoms with E-state index in [1.165, 1.54) is 22.5 Å². The van der Waals surface area contributed by atoms with Gasteiger partial charge in [0.25, 0.3) is 5.91 Å². The molecule has 0 unspecified atom stereocenters. The van der Waals surface area contributed by atoms with Crippen molar-refractivity contribution in [2.75, 3.05) is 0 Å². The molecule has 0 saturated heterocycles. The number of hydrogen-bond acceptors (Lipinski definition) is 4. The molecule has 2 heterocycles. The monoisotopic (exact) mass is 372 g/mol. The third-order valence-electron chi connectivity index (χ3n) is 4.04. The van der Waals surface area contributed by atoms with Crippen LogP contribution in [0.5, 0.6) is 0 Å². The fraction of sp³-hybridized carbons (Fsp3) is 0.0909. The Bertz CT molecular complexity index is 1030. The van der Waals surface area contributed by atoms with Crippen molar-refractivity contribution in [2.24, 2.45) is 0 Å². The number of carbonyl (C=O) groups is 1. The average molecular weight is 372 g/mol. The maximum absolute atomic E-state index is 12.8. The minimum atomic E-state index is -0.149. The Balaban J connectivity index is 1.51. The summed E-state index contributed by atoms with van der Waals surface area (Å²) in [7, 11) is 0. The van der Waals surface area contributed by atoms with Crippen LogP contribution in [0.4, 0.5) is 0 Å². The van der Waals surface area contributed by atoms with E-state index < -0.39 is 0 Å². The molecule has 2 aliphatic rings. The van der Waals surface area contributed by atoms with E-state index in [9.17, 15) is 4.79 Å². The standard InChI is InChI=1S/C22H16N2O2S/c25-22(24-13-14-26-19(16-24)18-9-5-2-6-10-18)20-15-23-21(27-20)12-11-17-7-3-1-4-8-17/h1-5,7-9,13-16H,6,10H2. The first-order valence-corrected chi connectivity index (χ1v) is 9.38. The molecule has 0 N–H and O–H groups in total. The molecule has 0 saturated carbocycles. The van der Waals surface area contributed by atoms with Gasteiger partial charge >= 0.3 is 0 Å². The van der Waals surface area contributed by atoms with Crippen molar-refractivity contribution in [3.8, 4) is 11.8 Å². The van der Waals surface area contributed by atoms with Gasteiger partial charge in [0.1, 0.15) is 16.9 Å². The molecule has 0 atom stereocenters. The highest BCUT2D eigenvalue weighted by molar-refractivity contribution is 7.14. The van der Waals surface area contributed by atoms with E-state index in [1.54, 1.807) is 18.6 Å². The van der Waals surface area contributed by atoms with Gasteiger partial charge in [0.2, 0.25) is 0 Å². The van der Waals surface area contributed by atoms with Crippen LogP contribution in [0.2, 0.25) is 0 Å². The number of amides is 1. The van der Waals surface area contributed by atoms with Crippen molar-refractivity contribution in [1.29, 1.82) is 0 Å². The second-order valence-electron chi connectivity index (χ2n) is 5.91. The van der Waals surface area contributed by atoms with Gasteiger partial charge in [-0.3, -0.25) is 9.69 Å². The van der Waals surface area contributed by atoms with Crippen molar-refractivity contribution in [1.82, 2.24) is 9.88 Å². The summed E-state index contributed by atoms with van der Waals surface area (Å²) in [5.41, 5.74) is 2.00. The molecule has 1 aromatic carbocycles. The molecular formula is C22H16N2O2S. The van der Waals surface area contributed by atoms with E-state index in [2.05, 4.69) is 22.9 Å². The van der Waals surface area contributed by atoms with E-state index in [-0.39, 0.29) is 5.91 Å². The van der Waals surface area contributed by atoms with Crippen LogP contribution in [0.3, 0.4) is 0 Å². The molecule has 0 spiro atoms. The third kappa shape index (κ3) is 4.08. The Morgan fingerprint density at radius 3 is 2.93 bits per heavy atom. The largest absolute Gasteiger partial charge is 0.462 e. The van der Waals surface area contributed by atoms with Crippen LogP contribution in [0, 0.1) is 11.8 Å². The number of hydrogen-bond donors (Lipinski definition) is 0. The van der Waals surface area contributed by atoms with E-state index in [0.717, 1.165) is 24.0 Å². The minimum Gasteiger partial charge on any atom is -0.462 e. The molecule has 1 aromatic heterocycles. The number of nitrogens with zero attached hydrogens (tertiary/aromatic N) is 2. The number of aromatic nitrogens is 1. The molecular weight excluding hydrogens is 356 g/mol. The number of ether oxygens (including phenoxy) is 1. The molecule has 0 radical (unpaired) electrons. The Morgan fingerprint density at radius 2 is 2.11 bits per heavy atom. The van der Waals surface area contributed by atoms with Crippen LogP contribution < -0.4 is 0 Å². The van der Waals surface area contributed by atoms with Crippen molar-refractivity contribution >= 4 is 17.2 Å². The molecule has 0 fully saturated rings. The minimum absolute atomic E-state index is 0.149. The predicted octanol–water partition coefficient (Wildman–Crippen LogP) is 4.60. The van der Waals surface area contributed by atoms with Gasteiger partial charge in [0.15, 0.2) is 5.01 Å². The number of rotatable bonds is 2. The maximum Gasteiger partial charge on any atom is 0.273 e. The van der Waals surface area contributed by atoms with Gasteiger partial charge in [-0.05, 0) is 36.5 Å². The van der Waals surface area contributed by atoms with Crippen LogP contribution >= 0.6 is 11.3 Å². The number of benzene rings is 1. The second-order valence-corrected chi connectivity index (χ2v) is 6.94. The van der Waals surface area contributed by atoms with Crippen LogP contribution in [0.25, 0.3) is 0 Å². The summed E-state index contributed by atoms with van der Waals surface area (Å²) in [5.74, 6) is 6.62. The summed E-state index contributed by atoms with van der Waals surface area (Å²) in [6.45, 7) is 0. The maximum atomic E-state index is 12.8. The summed E-state index contributed by atoms with van der Waals surface area (Å²) in [6, 6.07) is 9.70. The van der Waals surface area contributed by atoms with Crippen molar-refractivity contribution in [2.45, 2.75) is 12.8 Å². The highest BCUT2D eigenvalue weighted by Crippen LogP contribution is 2.25. The van der Waals surface area contributed by atoms with E-state index in [0.29, 0.717) is 15.6 Å². The smallest absolute Gasteiger partial charge is 0.273 e. The zero-order valence-electron chi connectivity index (χ0n) is 14.5. The molecule has 27 heavy (non-hydrogen) atoms. The zero-order chi connectivity index (χ0) is 18.5.